The number of amides is 1. The van der Waals surface area contributed by atoms with Crippen LogP contribution in [0.5, 0.6) is 0 Å². The van der Waals surface area contributed by atoms with E-state index in [0.29, 0.717) is 5.02 Å². The first-order chi connectivity index (χ1) is 8.29. The number of sulfonamides is 1. The Morgan fingerprint density at radius 1 is 1.50 bits per heavy atom. The van der Waals surface area contributed by atoms with Crippen molar-refractivity contribution in [2.45, 2.75) is 12.8 Å². The van der Waals surface area contributed by atoms with Crippen LogP contribution in [0, 0.1) is 0 Å². The van der Waals surface area contributed by atoms with Gasteiger partial charge in [0.2, 0.25) is 15.9 Å². The molecule has 1 atom stereocenters. The summed E-state index contributed by atoms with van der Waals surface area (Å²) in [5, 5.41) is 7.90. The fourth-order valence-electron chi connectivity index (χ4n) is 1.40. The van der Waals surface area contributed by atoms with Crippen LogP contribution in [0.1, 0.15) is 18.4 Å². The molecule has 0 radical (unpaired) electrons. The minimum Gasteiger partial charge on any atom is -0.355 e. The lowest BCUT2D eigenvalue weighted by molar-refractivity contribution is -0.122. The zero-order chi connectivity index (χ0) is 13.8. The van der Waals surface area contributed by atoms with E-state index >= 15 is 0 Å². The summed E-state index contributed by atoms with van der Waals surface area (Å²) in [5.41, 5.74) is 0.774. The Hall–Kier alpha value is -1.11. The van der Waals surface area contributed by atoms with Crippen LogP contribution in [0.3, 0.4) is 0 Å². The van der Waals surface area contributed by atoms with Gasteiger partial charge in [0.25, 0.3) is 0 Å². The van der Waals surface area contributed by atoms with Crippen LogP contribution in [-0.4, -0.2) is 26.6 Å². The number of primary sulfonamides is 1. The van der Waals surface area contributed by atoms with Crippen molar-refractivity contribution in [2.24, 2.45) is 5.14 Å². The van der Waals surface area contributed by atoms with Crippen molar-refractivity contribution in [1.82, 2.24) is 5.32 Å². The fraction of sp³-hybridized carbons (Fsp3) is 0.364. The highest BCUT2D eigenvalue weighted by atomic mass is 35.5. The molecular formula is C11H15ClN2O3S. The SMILES string of the molecule is C[C@H](C(=O)NCCS(N)(=O)=O)c1cccc(Cl)c1. The van der Waals surface area contributed by atoms with E-state index in [-0.39, 0.29) is 18.2 Å². The van der Waals surface area contributed by atoms with Crippen molar-refractivity contribution in [3.63, 3.8) is 0 Å². The number of nitrogens with one attached hydrogen (secondary N) is 1. The molecule has 0 aromatic heterocycles. The quantitative estimate of drug-likeness (QED) is 0.842. The Morgan fingerprint density at radius 2 is 2.17 bits per heavy atom. The van der Waals surface area contributed by atoms with Crippen LogP contribution in [0.25, 0.3) is 0 Å². The zero-order valence-corrected chi connectivity index (χ0v) is 11.5. The number of benzene rings is 1. The van der Waals surface area contributed by atoms with Crippen LogP contribution in [-0.2, 0) is 14.8 Å². The van der Waals surface area contributed by atoms with Gasteiger partial charge in [0.15, 0.2) is 0 Å². The molecule has 0 saturated carbocycles. The smallest absolute Gasteiger partial charge is 0.227 e. The molecular weight excluding hydrogens is 276 g/mol. The summed E-state index contributed by atoms with van der Waals surface area (Å²) in [6, 6.07) is 6.96. The Labute approximate surface area is 111 Å². The summed E-state index contributed by atoms with van der Waals surface area (Å²) in [6.07, 6.45) is 0. The molecule has 0 saturated heterocycles. The third kappa shape index (κ3) is 5.03. The molecule has 0 unspecified atom stereocenters. The second-order valence-corrected chi connectivity index (χ2v) is 6.11. The molecule has 0 aliphatic carbocycles. The Morgan fingerprint density at radius 3 is 2.72 bits per heavy atom. The fourth-order valence-corrected chi connectivity index (χ4v) is 1.98. The van der Waals surface area contributed by atoms with E-state index in [0.717, 1.165) is 5.56 Å². The first-order valence-corrected chi connectivity index (χ1v) is 7.42. The van der Waals surface area contributed by atoms with Gasteiger partial charge in [0.05, 0.1) is 11.7 Å². The minimum atomic E-state index is -3.55. The molecule has 0 aliphatic rings. The maximum absolute atomic E-state index is 11.8. The number of carbonyl (C=O) groups is 1. The second kappa shape index (κ2) is 6.17. The molecule has 1 aromatic rings. The summed E-state index contributed by atoms with van der Waals surface area (Å²) in [4.78, 5) is 11.8. The molecule has 18 heavy (non-hydrogen) atoms. The van der Waals surface area contributed by atoms with Crippen LogP contribution in [0.2, 0.25) is 5.02 Å². The Balaban J connectivity index is 2.57. The molecule has 1 amide bonds. The lowest BCUT2D eigenvalue weighted by Crippen LogP contribution is -2.33. The van der Waals surface area contributed by atoms with Gasteiger partial charge in [-0.15, -0.1) is 0 Å². The standard InChI is InChI=1S/C11H15ClN2O3S/c1-8(9-3-2-4-10(12)7-9)11(15)14-5-6-18(13,16)17/h2-4,7-8H,5-6H2,1H3,(H,14,15)(H2,13,16,17)/t8-/m0/s1. The Kier molecular flexibility index (Phi) is 5.13. The van der Waals surface area contributed by atoms with Gasteiger partial charge in [-0.3, -0.25) is 4.79 Å². The number of nitrogens with two attached hydrogens (primary N) is 1. The Bertz CT molecular complexity index is 531. The predicted octanol–water partition coefficient (Wildman–Crippen LogP) is 0.848. The zero-order valence-electron chi connectivity index (χ0n) is 9.89. The van der Waals surface area contributed by atoms with E-state index in [4.69, 9.17) is 16.7 Å². The summed E-state index contributed by atoms with van der Waals surface area (Å²) < 4.78 is 21.4. The van der Waals surface area contributed by atoms with E-state index in [1.54, 1.807) is 31.2 Å². The highest BCUT2D eigenvalue weighted by Gasteiger charge is 2.15. The van der Waals surface area contributed by atoms with Gasteiger partial charge in [0.1, 0.15) is 0 Å². The van der Waals surface area contributed by atoms with Crippen LogP contribution < -0.4 is 10.5 Å². The van der Waals surface area contributed by atoms with Crippen molar-refractivity contribution < 1.29 is 13.2 Å². The average molecular weight is 291 g/mol. The van der Waals surface area contributed by atoms with Crippen molar-refractivity contribution in [3.8, 4) is 0 Å². The third-order valence-electron chi connectivity index (χ3n) is 2.43. The highest BCUT2D eigenvalue weighted by Crippen LogP contribution is 2.19. The monoisotopic (exact) mass is 290 g/mol. The van der Waals surface area contributed by atoms with Gasteiger partial charge in [-0.2, -0.15) is 0 Å². The normalized spacial score (nSPS) is 13.1. The minimum absolute atomic E-state index is 0.00255. The summed E-state index contributed by atoms with van der Waals surface area (Å²) in [6.45, 7) is 1.72. The molecule has 3 N–H and O–H groups in total. The topological polar surface area (TPSA) is 89.3 Å². The molecule has 7 heteroatoms. The van der Waals surface area contributed by atoms with Gasteiger partial charge in [-0.25, -0.2) is 13.6 Å². The third-order valence-corrected chi connectivity index (χ3v) is 3.44. The molecule has 0 fully saturated rings. The van der Waals surface area contributed by atoms with Crippen molar-refractivity contribution in [3.05, 3.63) is 34.9 Å². The molecule has 100 valence electrons. The van der Waals surface area contributed by atoms with Crippen LogP contribution in [0.4, 0.5) is 0 Å². The predicted molar refractivity (Wildman–Crippen MR) is 70.9 cm³/mol. The summed E-state index contributed by atoms with van der Waals surface area (Å²) >= 11 is 5.83. The first kappa shape index (κ1) is 14.9. The van der Waals surface area contributed by atoms with Crippen molar-refractivity contribution >= 4 is 27.5 Å². The lowest BCUT2D eigenvalue weighted by atomic mass is 10.0. The van der Waals surface area contributed by atoms with Crippen LogP contribution in [0.15, 0.2) is 24.3 Å². The van der Waals surface area contributed by atoms with Gasteiger partial charge >= 0.3 is 0 Å². The average Bonchev–Trinajstić information content (AvgIpc) is 2.26. The van der Waals surface area contributed by atoms with E-state index in [1.807, 2.05) is 0 Å². The second-order valence-electron chi connectivity index (χ2n) is 3.93. The van der Waals surface area contributed by atoms with Gasteiger partial charge in [-0.05, 0) is 24.6 Å². The number of rotatable bonds is 5. The van der Waals surface area contributed by atoms with E-state index < -0.39 is 15.9 Å². The lowest BCUT2D eigenvalue weighted by Gasteiger charge is -2.12. The van der Waals surface area contributed by atoms with E-state index in [9.17, 15) is 13.2 Å². The maximum Gasteiger partial charge on any atom is 0.227 e. The molecule has 1 aromatic carbocycles. The highest BCUT2D eigenvalue weighted by molar-refractivity contribution is 7.89. The first-order valence-electron chi connectivity index (χ1n) is 5.33. The number of halogens is 1. The molecule has 0 aliphatic heterocycles. The molecule has 0 heterocycles. The molecule has 0 bridgehead atoms. The molecule has 5 nitrogen and oxygen atoms in total. The van der Waals surface area contributed by atoms with Crippen LogP contribution >= 0.6 is 11.6 Å². The summed E-state index contributed by atoms with van der Waals surface area (Å²) in [7, 11) is -3.55. The van der Waals surface area contributed by atoms with Gasteiger partial charge < -0.3 is 5.32 Å². The number of hydrogen-bond donors (Lipinski definition) is 2. The van der Waals surface area contributed by atoms with Gasteiger partial charge in [-0.1, -0.05) is 23.7 Å². The number of carbonyl (C=O) groups excluding carboxylic acids is 1. The van der Waals surface area contributed by atoms with E-state index in [2.05, 4.69) is 5.32 Å². The molecule has 1 rings (SSSR count). The summed E-state index contributed by atoms with van der Waals surface area (Å²) in [5.74, 6) is -0.939. The van der Waals surface area contributed by atoms with Gasteiger partial charge in [0, 0.05) is 11.6 Å². The van der Waals surface area contributed by atoms with E-state index in [1.165, 1.54) is 0 Å². The van der Waals surface area contributed by atoms with Crippen molar-refractivity contribution in [1.29, 1.82) is 0 Å². The van der Waals surface area contributed by atoms with Crippen molar-refractivity contribution in [2.75, 3.05) is 12.3 Å². The maximum atomic E-state index is 11.8. The largest absolute Gasteiger partial charge is 0.355 e. The number of hydrogen-bond acceptors (Lipinski definition) is 3. The molecule has 0 spiro atoms.